The summed E-state index contributed by atoms with van der Waals surface area (Å²) in [5, 5.41) is 3.04. The minimum Gasteiger partial charge on any atom is -0.341 e. The highest BCUT2D eigenvalue weighted by atomic mass is 32.1. The molecule has 0 spiro atoms. The van der Waals surface area contributed by atoms with Gasteiger partial charge in [0.15, 0.2) is 4.96 Å². The van der Waals surface area contributed by atoms with E-state index in [4.69, 9.17) is 0 Å². The lowest BCUT2D eigenvalue weighted by atomic mass is 9.98. The number of carbonyl (C=O) groups is 1. The van der Waals surface area contributed by atoms with Crippen molar-refractivity contribution in [1.82, 2.24) is 14.7 Å². The standard InChI is InChI=1S/C23H19N3O2S/c27-21(17-14-24-23-26(22(17)28)18-12-7-13-19(18)29-23)25-20(15-8-3-1-4-9-15)16-10-5-2-6-11-16/h1-6,8-11,14,20H,7,12-13H2,(H,25,27). The number of carbonyl (C=O) groups excluding carboxylic acids is 1. The van der Waals surface area contributed by atoms with Gasteiger partial charge in [-0.3, -0.25) is 14.0 Å². The first-order valence-electron chi connectivity index (χ1n) is 9.65. The number of fused-ring (bicyclic) bond motifs is 3. The van der Waals surface area contributed by atoms with Crippen molar-refractivity contribution in [3.05, 3.63) is 104 Å². The number of aromatic nitrogens is 2. The number of amides is 1. The van der Waals surface area contributed by atoms with Crippen molar-refractivity contribution in [2.75, 3.05) is 0 Å². The largest absolute Gasteiger partial charge is 0.341 e. The van der Waals surface area contributed by atoms with Gasteiger partial charge in [0.1, 0.15) is 5.56 Å². The van der Waals surface area contributed by atoms with Crippen molar-refractivity contribution in [2.45, 2.75) is 25.3 Å². The molecule has 1 N–H and O–H groups in total. The molecule has 5 rings (SSSR count). The Balaban J connectivity index is 1.54. The number of rotatable bonds is 4. The molecule has 0 fully saturated rings. The van der Waals surface area contributed by atoms with Crippen LogP contribution in [0, 0.1) is 0 Å². The number of hydrogen-bond donors (Lipinski definition) is 1. The normalized spacial score (nSPS) is 13.0. The highest BCUT2D eigenvalue weighted by Gasteiger charge is 2.24. The highest BCUT2D eigenvalue weighted by Crippen LogP contribution is 2.29. The third kappa shape index (κ3) is 3.15. The van der Waals surface area contributed by atoms with E-state index in [1.165, 1.54) is 11.1 Å². The number of aryl methyl sites for hydroxylation is 2. The Bertz CT molecular complexity index is 1210. The Morgan fingerprint density at radius 3 is 2.31 bits per heavy atom. The molecular formula is C23H19N3O2S. The fourth-order valence-electron chi connectivity index (χ4n) is 3.92. The van der Waals surface area contributed by atoms with E-state index < -0.39 is 5.91 Å². The van der Waals surface area contributed by atoms with Crippen LogP contribution in [0.3, 0.4) is 0 Å². The van der Waals surface area contributed by atoms with Crippen LogP contribution in [0.1, 0.15) is 44.5 Å². The molecule has 0 saturated carbocycles. The lowest BCUT2D eigenvalue weighted by Crippen LogP contribution is -2.34. The molecule has 6 heteroatoms. The molecule has 0 bridgehead atoms. The minimum absolute atomic E-state index is 0.0758. The van der Waals surface area contributed by atoms with E-state index in [0.717, 1.165) is 36.1 Å². The fourth-order valence-corrected chi connectivity index (χ4v) is 5.09. The number of benzene rings is 2. The average Bonchev–Trinajstić information content (AvgIpc) is 3.34. The van der Waals surface area contributed by atoms with Crippen LogP contribution < -0.4 is 10.9 Å². The molecule has 29 heavy (non-hydrogen) atoms. The van der Waals surface area contributed by atoms with Gasteiger partial charge in [0.05, 0.1) is 6.04 Å². The van der Waals surface area contributed by atoms with Gasteiger partial charge in [0.25, 0.3) is 11.5 Å². The Kier molecular flexibility index (Phi) is 4.48. The lowest BCUT2D eigenvalue weighted by molar-refractivity contribution is 0.0941. The maximum absolute atomic E-state index is 13.1. The van der Waals surface area contributed by atoms with Crippen LogP contribution in [0.4, 0.5) is 0 Å². The Morgan fingerprint density at radius 2 is 1.66 bits per heavy atom. The molecule has 1 aliphatic rings. The fraction of sp³-hybridized carbons (Fsp3) is 0.174. The van der Waals surface area contributed by atoms with Crippen LogP contribution in [0.15, 0.2) is 71.7 Å². The van der Waals surface area contributed by atoms with Crippen molar-refractivity contribution in [1.29, 1.82) is 0 Å². The van der Waals surface area contributed by atoms with Gasteiger partial charge in [0, 0.05) is 16.8 Å². The highest BCUT2D eigenvalue weighted by molar-refractivity contribution is 7.17. The topological polar surface area (TPSA) is 63.5 Å². The molecule has 2 aromatic heterocycles. The molecule has 0 saturated heterocycles. The summed E-state index contributed by atoms with van der Waals surface area (Å²) in [5.74, 6) is -0.410. The molecule has 0 aliphatic heterocycles. The zero-order valence-electron chi connectivity index (χ0n) is 15.7. The van der Waals surface area contributed by atoms with Gasteiger partial charge in [-0.15, -0.1) is 11.3 Å². The van der Waals surface area contributed by atoms with Gasteiger partial charge in [-0.25, -0.2) is 4.98 Å². The van der Waals surface area contributed by atoms with Crippen molar-refractivity contribution in [2.24, 2.45) is 0 Å². The minimum atomic E-state index is -0.410. The molecule has 2 aromatic carbocycles. The molecular weight excluding hydrogens is 382 g/mol. The summed E-state index contributed by atoms with van der Waals surface area (Å²) in [4.78, 5) is 32.5. The summed E-state index contributed by atoms with van der Waals surface area (Å²) in [6, 6.07) is 19.2. The van der Waals surface area contributed by atoms with Crippen LogP contribution in [0.25, 0.3) is 4.96 Å². The second kappa shape index (κ2) is 7.29. The third-order valence-electron chi connectivity index (χ3n) is 5.34. The first kappa shape index (κ1) is 17.8. The van der Waals surface area contributed by atoms with Gasteiger partial charge >= 0.3 is 0 Å². The molecule has 0 atom stereocenters. The van der Waals surface area contributed by atoms with E-state index in [1.807, 2.05) is 60.7 Å². The van der Waals surface area contributed by atoms with Gasteiger partial charge in [0.2, 0.25) is 0 Å². The number of nitrogens with zero attached hydrogens (tertiary/aromatic N) is 2. The molecule has 1 aliphatic carbocycles. The maximum Gasteiger partial charge on any atom is 0.271 e. The summed E-state index contributed by atoms with van der Waals surface area (Å²) >= 11 is 1.55. The average molecular weight is 401 g/mol. The molecule has 2 heterocycles. The molecule has 5 nitrogen and oxygen atoms in total. The van der Waals surface area contributed by atoms with Crippen LogP contribution in [-0.4, -0.2) is 15.3 Å². The Hall–Kier alpha value is -3.25. The second-order valence-corrected chi connectivity index (χ2v) is 8.21. The monoisotopic (exact) mass is 401 g/mol. The van der Waals surface area contributed by atoms with Crippen LogP contribution in [0.2, 0.25) is 0 Å². The predicted molar refractivity (Wildman–Crippen MR) is 114 cm³/mol. The number of thiazole rings is 1. The van der Waals surface area contributed by atoms with Gasteiger partial charge in [-0.1, -0.05) is 60.7 Å². The zero-order chi connectivity index (χ0) is 19.8. The maximum atomic E-state index is 13.1. The summed E-state index contributed by atoms with van der Waals surface area (Å²) in [7, 11) is 0. The van der Waals surface area contributed by atoms with Gasteiger partial charge in [-0.2, -0.15) is 0 Å². The van der Waals surface area contributed by atoms with E-state index in [0.29, 0.717) is 4.96 Å². The first-order chi connectivity index (χ1) is 14.2. The summed E-state index contributed by atoms with van der Waals surface area (Å²) in [6.07, 6.45) is 4.29. The van der Waals surface area contributed by atoms with E-state index >= 15 is 0 Å². The molecule has 0 unspecified atom stereocenters. The number of hydrogen-bond acceptors (Lipinski definition) is 4. The van der Waals surface area contributed by atoms with Crippen LogP contribution in [0.5, 0.6) is 0 Å². The summed E-state index contributed by atoms with van der Waals surface area (Å²) in [5.41, 5.74) is 2.72. The van der Waals surface area contributed by atoms with E-state index in [-0.39, 0.29) is 17.2 Å². The van der Waals surface area contributed by atoms with Gasteiger partial charge in [-0.05, 0) is 30.4 Å². The third-order valence-corrected chi connectivity index (χ3v) is 6.50. The Morgan fingerprint density at radius 1 is 1.00 bits per heavy atom. The van der Waals surface area contributed by atoms with Crippen LogP contribution >= 0.6 is 11.3 Å². The zero-order valence-corrected chi connectivity index (χ0v) is 16.5. The molecule has 4 aromatic rings. The predicted octanol–water partition coefficient (Wildman–Crippen LogP) is 3.76. The van der Waals surface area contributed by atoms with Crippen molar-refractivity contribution >= 4 is 22.2 Å². The molecule has 144 valence electrons. The van der Waals surface area contributed by atoms with Crippen molar-refractivity contribution < 1.29 is 4.79 Å². The lowest BCUT2D eigenvalue weighted by Gasteiger charge is -2.19. The second-order valence-electron chi connectivity index (χ2n) is 7.15. The van der Waals surface area contributed by atoms with E-state index in [2.05, 4.69) is 10.3 Å². The van der Waals surface area contributed by atoms with Crippen molar-refractivity contribution in [3.63, 3.8) is 0 Å². The van der Waals surface area contributed by atoms with E-state index in [9.17, 15) is 9.59 Å². The smallest absolute Gasteiger partial charge is 0.271 e. The molecule has 0 radical (unpaired) electrons. The first-order valence-corrected chi connectivity index (χ1v) is 10.5. The Labute approximate surface area is 171 Å². The van der Waals surface area contributed by atoms with Gasteiger partial charge < -0.3 is 5.32 Å². The summed E-state index contributed by atoms with van der Waals surface area (Å²) < 4.78 is 1.63. The molecule has 1 amide bonds. The van der Waals surface area contributed by atoms with Crippen molar-refractivity contribution in [3.8, 4) is 0 Å². The number of nitrogens with one attached hydrogen (secondary N) is 1. The summed E-state index contributed by atoms with van der Waals surface area (Å²) in [6.45, 7) is 0. The van der Waals surface area contributed by atoms with E-state index in [1.54, 1.807) is 15.7 Å². The van der Waals surface area contributed by atoms with Crippen LogP contribution in [-0.2, 0) is 12.8 Å². The quantitative estimate of drug-likeness (QED) is 0.566. The SMILES string of the molecule is O=C(NC(c1ccccc1)c1ccccc1)c1cnc2sc3c(n2c1=O)CCC3.